The summed E-state index contributed by atoms with van der Waals surface area (Å²) < 4.78 is 27.7. The van der Waals surface area contributed by atoms with Gasteiger partial charge in [-0.05, 0) is 38.5 Å². The molecule has 1 aromatic heterocycles. The minimum atomic E-state index is -0.638. The molecule has 1 heterocycles. The highest BCUT2D eigenvalue weighted by Crippen LogP contribution is 2.32. The molecule has 0 atom stereocenters. The molecule has 0 radical (unpaired) electrons. The predicted octanol–water partition coefficient (Wildman–Crippen LogP) is 4.20. The van der Waals surface area contributed by atoms with Crippen LogP contribution in [0.15, 0.2) is 6.07 Å². The van der Waals surface area contributed by atoms with Crippen LogP contribution in [0.5, 0.6) is 0 Å². The lowest BCUT2D eigenvalue weighted by Gasteiger charge is -2.35. The Morgan fingerprint density at radius 3 is 2.43 bits per heavy atom. The van der Waals surface area contributed by atoms with Crippen LogP contribution >= 0.6 is 0 Å². The van der Waals surface area contributed by atoms with Crippen LogP contribution < -0.4 is 10.2 Å². The van der Waals surface area contributed by atoms with Crippen molar-refractivity contribution in [2.75, 3.05) is 23.8 Å². The van der Waals surface area contributed by atoms with Crippen LogP contribution in [-0.2, 0) is 0 Å². The zero-order valence-corrected chi connectivity index (χ0v) is 13.1. The summed E-state index contributed by atoms with van der Waals surface area (Å²) in [6.45, 7) is 4.64. The van der Waals surface area contributed by atoms with E-state index in [-0.39, 0.29) is 17.7 Å². The van der Waals surface area contributed by atoms with Crippen LogP contribution in [0, 0.1) is 17.6 Å². The quantitative estimate of drug-likeness (QED) is 0.883. The highest BCUT2D eigenvalue weighted by Gasteiger charge is 2.26. The second-order valence-electron chi connectivity index (χ2n) is 5.85. The second kappa shape index (κ2) is 7.05. The number of aromatic nitrogens is 1. The van der Waals surface area contributed by atoms with Crippen molar-refractivity contribution in [1.82, 2.24) is 4.98 Å². The van der Waals surface area contributed by atoms with E-state index in [9.17, 15) is 8.78 Å². The van der Waals surface area contributed by atoms with Gasteiger partial charge in [-0.1, -0.05) is 13.3 Å². The summed E-state index contributed by atoms with van der Waals surface area (Å²) in [6.07, 6.45) is 5.65. The minimum absolute atomic E-state index is 0.128. The molecular formula is C16H25F2N3. The molecule has 1 aliphatic rings. The van der Waals surface area contributed by atoms with Gasteiger partial charge in [0.05, 0.1) is 0 Å². The maximum Gasteiger partial charge on any atom is 0.168 e. The molecule has 1 fully saturated rings. The number of nitrogens with zero attached hydrogens (tertiary/aromatic N) is 2. The maximum atomic E-state index is 14.0. The van der Waals surface area contributed by atoms with E-state index in [1.165, 1.54) is 19.3 Å². The fraction of sp³-hybridized carbons (Fsp3) is 0.688. The minimum Gasteiger partial charge on any atom is -0.368 e. The second-order valence-corrected chi connectivity index (χ2v) is 5.85. The lowest BCUT2D eigenvalue weighted by molar-refractivity contribution is 0.312. The zero-order chi connectivity index (χ0) is 15.4. The molecule has 5 heteroatoms. The summed E-state index contributed by atoms with van der Waals surface area (Å²) in [4.78, 5) is 6.02. The number of hydrogen-bond acceptors (Lipinski definition) is 3. The van der Waals surface area contributed by atoms with E-state index in [2.05, 4.69) is 17.2 Å². The molecule has 0 aromatic carbocycles. The van der Waals surface area contributed by atoms with Crippen LogP contribution in [0.4, 0.5) is 20.4 Å². The molecule has 0 bridgehead atoms. The average Bonchev–Trinajstić information content (AvgIpc) is 2.49. The first-order valence-corrected chi connectivity index (χ1v) is 7.89. The summed E-state index contributed by atoms with van der Waals surface area (Å²) in [6, 6.07) is 1.21. The van der Waals surface area contributed by atoms with Gasteiger partial charge in [0.2, 0.25) is 0 Å². The van der Waals surface area contributed by atoms with Crippen molar-refractivity contribution in [3.05, 3.63) is 17.7 Å². The highest BCUT2D eigenvalue weighted by atomic mass is 19.1. The molecule has 0 aliphatic heterocycles. The predicted molar refractivity (Wildman–Crippen MR) is 82.8 cm³/mol. The van der Waals surface area contributed by atoms with Crippen molar-refractivity contribution < 1.29 is 8.78 Å². The van der Waals surface area contributed by atoms with Gasteiger partial charge in [0.25, 0.3) is 0 Å². The van der Waals surface area contributed by atoms with Gasteiger partial charge in [0.1, 0.15) is 0 Å². The molecule has 1 aliphatic carbocycles. The van der Waals surface area contributed by atoms with Crippen molar-refractivity contribution in [2.45, 2.75) is 52.0 Å². The summed E-state index contributed by atoms with van der Waals surface area (Å²) >= 11 is 0. The Balaban J connectivity index is 2.15. The Morgan fingerprint density at radius 1 is 1.19 bits per heavy atom. The van der Waals surface area contributed by atoms with E-state index in [0.29, 0.717) is 6.54 Å². The molecule has 0 spiro atoms. The van der Waals surface area contributed by atoms with E-state index >= 15 is 0 Å². The standard InChI is InChI=1S/C16H25F2N3/c1-4-11-6-8-12(9-7-11)21(3)16-14(18)10-13(17)15(20-16)19-5-2/h10-12H,4-9H2,1-3H3,(H,19,20). The molecule has 2 rings (SSSR count). The number of halogens is 2. The van der Waals surface area contributed by atoms with Crippen LogP contribution in [0.2, 0.25) is 0 Å². The number of rotatable bonds is 5. The van der Waals surface area contributed by atoms with Crippen LogP contribution in [0.3, 0.4) is 0 Å². The molecule has 3 nitrogen and oxygen atoms in total. The smallest absolute Gasteiger partial charge is 0.168 e. The first-order valence-electron chi connectivity index (χ1n) is 7.89. The third-order valence-corrected chi connectivity index (χ3v) is 4.53. The van der Waals surface area contributed by atoms with E-state index in [0.717, 1.165) is 24.8 Å². The van der Waals surface area contributed by atoms with Crippen LogP contribution in [-0.4, -0.2) is 24.6 Å². The molecule has 1 aromatic rings. The molecule has 0 unspecified atom stereocenters. The van der Waals surface area contributed by atoms with Gasteiger partial charge in [-0.15, -0.1) is 0 Å². The van der Waals surface area contributed by atoms with Gasteiger partial charge >= 0.3 is 0 Å². The van der Waals surface area contributed by atoms with Gasteiger partial charge in [-0.25, -0.2) is 13.8 Å². The Bertz CT molecular complexity index is 471. The summed E-state index contributed by atoms with van der Waals surface area (Å²) in [5, 5.41) is 2.84. The Kier molecular flexibility index (Phi) is 5.37. The Hall–Kier alpha value is -1.39. The Labute approximate surface area is 125 Å². The molecule has 21 heavy (non-hydrogen) atoms. The van der Waals surface area contributed by atoms with Gasteiger partial charge in [-0.2, -0.15) is 0 Å². The largest absolute Gasteiger partial charge is 0.368 e. The molecular weight excluding hydrogens is 272 g/mol. The molecule has 0 amide bonds. The van der Waals surface area contributed by atoms with Gasteiger partial charge in [0.15, 0.2) is 23.3 Å². The topological polar surface area (TPSA) is 28.2 Å². The van der Waals surface area contributed by atoms with E-state index in [1.807, 2.05) is 18.9 Å². The monoisotopic (exact) mass is 297 g/mol. The summed E-state index contributed by atoms with van der Waals surface area (Å²) in [5.74, 6) is -0.0660. The molecule has 118 valence electrons. The first kappa shape index (κ1) is 16.0. The SMILES string of the molecule is CCNc1nc(N(C)C2CCC(CC)CC2)c(F)cc1F. The highest BCUT2D eigenvalue weighted by molar-refractivity contribution is 5.49. The molecule has 1 N–H and O–H groups in total. The summed E-state index contributed by atoms with van der Waals surface area (Å²) in [5.41, 5.74) is 0. The van der Waals surface area contributed by atoms with E-state index < -0.39 is 11.6 Å². The number of anilines is 2. The fourth-order valence-corrected chi connectivity index (χ4v) is 3.11. The van der Waals surface area contributed by atoms with Crippen molar-refractivity contribution in [2.24, 2.45) is 5.92 Å². The molecule has 1 saturated carbocycles. The van der Waals surface area contributed by atoms with Crippen molar-refractivity contribution in [1.29, 1.82) is 0 Å². The van der Waals surface area contributed by atoms with E-state index in [1.54, 1.807) is 0 Å². The fourth-order valence-electron chi connectivity index (χ4n) is 3.11. The number of nitrogens with one attached hydrogen (secondary N) is 1. The summed E-state index contributed by atoms with van der Waals surface area (Å²) in [7, 11) is 1.86. The molecule has 0 saturated heterocycles. The lowest BCUT2D eigenvalue weighted by Crippen LogP contribution is -2.36. The number of hydrogen-bond donors (Lipinski definition) is 1. The normalized spacial score (nSPS) is 22.1. The van der Waals surface area contributed by atoms with Gasteiger partial charge in [0, 0.05) is 25.7 Å². The third kappa shape index (κ3) is 3.63. The van der Waals surface area contributed by atoms with Crippen molar-refractivity contribution >= 4 is 11.6 Å². The van der Waals surface area contributed by atoms with E-state index in [4.69, 9.17) is 0 Å². The van der Waals surface area contributed by atoms with Gasteiger partial charge < -0.3 is 10.2 Å². The average molecular weight is 297 g/mol. The lowest BCUT2D eigenvalue weighted by atomic mass is 9.84. The first-order chi connectivity index (χ1) is 10.1. The third-order valence-electron chi connectivity index (χ3n) is 4.53. The van der Waals surface area contributed by atoms with Crippen LogP contribution in [0.25, 0.3) is 0 Å². The number of pyridine rings is 1. The maximum absolute atomic E-state index is 14.0. The zero-order valence-electron chi connectivity index (χ0n) is 13.1. The van der Waals surface area contributed by atoms with Crippen LogP contribution in [0.1, 0.15) is 46.0 Å². The van der Waals surface area contributed by atoms with Crippen molar-refractivity contribution in [3.63, 3.8) is 0 Å². The van der Waals surface area contributed by atoms with Gasteiger partial charge in [-0.3, -0.25) is 0 Å². The Morgan fingerprint density at radius 2 is 1.86 bits per heavy atom. The van der Waals surface area contributed by atoms with Crippen molar-refractivity contribution in [3.8, 4) is 0 Å².